The molecule has 1 aromatic carbocycles. The van der Waals surface area contributed by atoms with Crippen molar-refractivity contribution < 1.29 is 9.53 Å². The van der Waals surface area contributed by atoms with Crippen molar-refractivity contribution in [2.75, 3.05) is 7.11 Å². The summed E-state index contributed by atoms with van der Waals surface area (Å²) in [4.78, 5) is 16.4. The summed E-state index contributed by atoms with van der Waals surface area (Å²) in [6, 6.07) is 9.83. The summed E-state index contributed by atoms with van der Waals surface area (Å²) in [7, 11) is 1.40. The number of esters is 1. The Morgan fingerprint density at radius 2 is 2.17 bits per heavy atom. The predicted molar refractivity (Wildman–Crippen MR) is 71.7 cm³/mol. The molecule has 18 heavy (non-hydrogen) atoms. The van der Waals surface area contributed by atoms with Crippen LogP contribution in [0, 0.1) is 5.92 Å². The summed E-state index contributed by atoms with van der Waals surface area (Å²) in [6.45, 7) is 5.65. The lowest BCUT2D eigenvalue weighted by Crippen LogP contribution is -2.25. The Labute approximate surface area is 107 Å². The lowest BCUT2D eigenvalue weighted by molar-refractivity contribution is -0.143. The normalized spacial score (nSPS) is 26.6. The molecule has 0 heterocycles. The van der Waals surface area contributed by atoms with Crippen molar-refractivity contribution in [1.29, 1.82) is 0 Å². The molecule has 2 rings (SSSR count). The van der Waals surface area contributed by atoms with Gasteiger partial charge in [-0.25, -0.2) is 4.79 Å². The van der Waals surface area contributed by atoms with E-state index in [1.165, 1.54) is 7.11 Å². The van der Waals surface area contributed by atoms with E-state index in [0.29, 0.717) is 6.42 Å². The van der Waals surface area contributed by atoms with Crippen molar-refractivity contribution in [2.45, 2.75) is 18.9 Å². The number of hydrogen-bond donors (Lipinski definition) is 0. The van der Waals surface area contributed by atoms with Gasteiger partial charge in [0.1, 0.15) is 0 Å². The van der Waals surface area contributed by atoms with Crippen molar-refractivity contribution in [3.63, 3.8) is 0 Å². The smallest absolute Gasteiger partial charge is 0.334 e. The van der Waals surface area contributed by atoms with Crippen LogP contribution < -0.4 is 0 Å². The second kappa shape index (κ2) is 4.77. The fourth-order valence-corrected chi connectivity index (χ4v) is 2.18. The zero-order chi connectivity index (χ0) is 13.2. The molecule has 0 N–H and O–H groups in total. The molecule has 0 aromatic heterocycles. The van der Waals surface area contributed by atoms with Gasteiger partial charge in [-0.1, -0.05) is 36.4 Å². The SMILES string of the molecule is C=CC1CC1(/N=C(\C)c1ccccc1)C(=O)OC. The van der Waals surface area contributed by atoms with Gasteiger partial charge >= 0.3 is 5.97 Å². The maximum Gasteiger partial charge on any atom is 0.334 e. The quantitative estimate of drug-likeness (QED) is 0.463. The third-order valence-corrected chi connectivity index (χ3v) is 3.37. The van der Waals surface area contributed by atoms with E-state index in [1.54, 1.807) is 6.08 Å². The maximum absolute atomic E-state index is 11.9. The summed E-state index contributed by atoms with van der Waals surface area (Å²) in [5, 5.41) is 0. The lowest BCUT2D eigenvalue weighted by Gasteiger charge is -2.11. The molecule has 1 aliphatic rings. The van der Waals surface area contributed by atoms with Crippen LogP contribution in [0.5, 0.6) is 0 Å². The molecule has 0 spiro atoms. The van der Waals surface area contributed by atoms with Crippen LogP contribution in [0.3, 0.4) is 0 Å². The van der Waals surface area contributed by atoms with Gasteiger partial charge in [-0.15, -0.1) is 6.58 Å². The van der Waals surface area contributed by atoms with Crippen LogP contribution >= 0.6 is 0 Å². The first kappa shape index (κ1) is 12.6. The van der Waals surface area contributed by atoms with Gasteiger partial charge in [0.15, 0.2) is 5.54 Å². The van der Waals surface area contributed by atoms with Crippen LogP contribution in [-0.2, 0) is 9.53 Å². The van der Waals surface area contributed by atoms with Crippen molar-refractivity contribution in [1.82, 2.24) is 0 Å². The second-order valence-electron chi connectivity index (χ2n) is 4.53. The Balaban J connectivity index is 2.30. The van der Waals surface area contributed by atoms with Gasteiger partial charge in [-0.2, -0.15) is 0 Å². The fraction of sp³-hybridized carbons (Fsp3) is 0.333. The molecule has 1 saturated carbocycles. The first-order valence-electron chi connectivity index (χ1n) is 5.97. The molecule has 3 nitrogen and oxygen atoms in total. The summed E-state index contributed by atoms with van der Waals surface area (Å²) >= 11 is 0. The van der Waals surface area contributed by atoms with Crippen LogP contribution in [0.25, 0.3) is 0 Å². The third kappa shape index (κ3) is 2.08. The van der Waals surface area contributed by atoms with Crippen molar-refractivity contribution in [2.24, 2.45) is 10.9 Å². The number of aliphatic imine (C=N–C) groups is 1. The Kier molecular flexibility index (Phi) is 3.32. The number of rotatable bonds is 4. The van der Waals surface area contributed by atoms with Gasteiger partial charge in [0.05, 0.1) is 7.11 Å². The first-order chi connectivity index (χ1) is 8.64. The molecule has 0 radical (unpaired) electrons. The third-order valence-electron chi connectivity index (χ3n) is 3.37. The highest BCUT2D eigenvalue weighted by Gasteiger charge is 2.60. The maximum atomic E-state index is 11.9. The minimum atomic E-state index is -0.740. The monoisotopic (exact) mass is 243 g/mol. The van der Waals surface area contributed by atoms with Gasteiger partial charge in [-0.05, 0) is 18.9 Å². The topological polar surface area (TPSA) is 38.7 Å². The van der Waals surface area contributed by atoms with Crippen LogP contribution in [0.15, 0.2) is 48.0 Å². The highest BCUT2D eigenvalue weighted by Crippen LogP contribution is 2.49. The van der Waals surface area contributed by atoms with E-state index >= 15 is 0 Å². The minimum Gasteiger partial charge on any atom is -0.467 e. The van der Waals surface area contributed by atoms with E-state index < -0.39 is 5.54 Å². The highest BCUT2D eigenvalue weighted by molar-refractivity contribution is 6.01. The van der Waals surface area contributed by atoms with Gasteiger partial charge < -0.3 is 4.74 Å². The number of methoxy groups -OCH3 is 1. The van der Waals surface area contributed by atoms with E-state index in [4.69, 9.17) is 4.74 Å². The number of carbonyl (C=O) groups is 1. The van der Waals surface area contributed by atoms with Crippen LogP contribution in [0.4, 0.5) is 0 Å². The van der Waals surface area contributed by atoms with Crippen molar-refractivity contribution in [3.8, 4) is 0 Å². The number of ether oxygens (including phenoxy) is 1. The minimum absolute atomic E-state index is 0.0867. The van der Waals surface area contributed by atoms with Crippen LogP contribution in [-0.4, -0.2) is 24.3 Å². The van der Waals surface area contributed by atoms with E-state index in [1.807, 2.05) is 37.3 Å². The van der Waals surface area contributed by atoms with Crippen LogP contribution in [0.1, 0.15) is 18.9 Å². The van der Waals surface area contributed by atoms with E-state index in [9.17, 15) is 4.79 Å². The standard InChI is InChI=1S/C15H17NO2/c1-4-13-10-15(13,14(17)18-3)16-11(2)12-8-6-5-7-9-12/h4-9,13H,1,10H2,2-3H3/b16-11+. The van der Waals surface area contributed by atoms with Gasteiger partial charge in [0.2, 0.25) is 0 Å². The molecular formula is C15H17NO2. The van der Waals surface area contributed by atoms with E-state index in [2.05, 4.69) is 11.6 Å². The largest absolute Gasteiger partial charge is 0.467 e. The number of hydrogen-bond acceptors (Lipinski definition) is 3. The Morgan fingerprint density at radius 1 is 1.50 bits per heavy atom. The zero-order valence-electron chi connectivity index (χ0n) is 10.7. The number of nitrogens with zero attached hydrogens (tertiary/aromatic N) is 1. The summed E-state index contributed by atoms with van der Waals surface area (Å²) in [6.07, 6.45) is 2.46. The Morgan fingerprint density at radius 3 is 2.67 bits per heavy atom. The number of benzene rings is 1. The van der Waals surface area contributed by atoms with Gasteiger partial charge in [-0.3, -0.25) is 4.99 Å². The van der Waals surface area contributed by atoms with E-state index in [-0.39, 0.29) is 11.9 Å². The summed E-state index contributed by atoms with van der Waals surface area (Å²) in [5.74, 6) is -0.189. The summed E-state index contributed by atoms with van der Waals surface area (Å²) < 4.78 is 4.85. The zero-order valence-corrected chi connectivity index (χ0v) is 10.7. The van der Waals surface area contributed by atoms with E-state index in [0.717, 1.165) is 11.3 Å². The average molecular weight is 243 g/mol. The number of carbonyl (C=O) groups excluding carboxylic acids is 1. The Bertz CT molecular complexity index is 492. The lowest BCUT2D eigenvalue weighted by atomic mass is 10.1. The van der Waals surface area contributed by atoms with Gasteiger partial charge in [0, 0.05) is 11.6 Å². The molecule has 0 amide bonds. The molecule has 3 heteroatoms. The van der Waals surface area contributed by atoms with Crippen LogP contribution in [0.2, 0.25) is 0 Å². The average Bonchev–Trinajstić information content (AvgIpc) is 3.13. The molecule has 0 bridgehead atoms. The molecule has 1 fully saturated rings. The van der Waals surface area contributed by atoms with Crippen molar-refractivity contribution in [3.05, 3.63) is 48.6 Å². The highest BCUT2D eigenvalue weighted by atomic mass is 16.5. The Hall–Kier alpha value is -1.90. The first-order valence-corrected chi connectivity index (χ1v) is 5.97. The second-order valence-corrected chi connectivity index (χ2v) is 4.53. The van der Waals surface area contributed by atoms with Gasteiger partial charge in [0.25, 0.3) is 0 Å². The molecule has 1 aromatic rings. The summed E-state index contributed by atoms with van der Waals surface area (Å²) in [5.41, 5.74) is 1.14. The molecule has 1 aliphatic carbocycles. The van der Waals surface area contributed by atoms with Crippen molar-refractivity contribution >= 4 is 11.7 Å². The predicted octanol–water partition coefficient (Wildman–Crippen LogP) is 2.61. The molecular weight excluding hydrogens is 226 g/mol. The molecule has 0 aliphatic heterocycles. The molecule has 2 unspecified atom stereocenters. The molecule has 2 atom stereocenters. The fourth-order valence-electron chi connectivity index (χ4n) is 2.18. The molecule has 94 valence electrons. The molecule has 0 saturated heterocycles.